The number of halogens is 3. The smallest absolute Gasteiger partial charge is 1.00 e. The first-order chi connectivity index (χ1) is 40.5. The molecule has 0 aliphatic heterocycles. The van der Waals surface area contributed by atoms with Gasteiger partial charge in [-0.15, -0.1) is 12.4 Å². The number of rotatable bonds is 13. The summed E-state index contributed by atoms with van der Waals surface area (Å²) in [6, 6.07) is 0. The van der Waals surface area contributed by atoms with Crippen LogP contribution in [-0.4, -0.2) is 136 Å². The molecule has 5 fully saturated rings. The number of hydrogen-bond acceptors (Lipinski definition) is 17. The fourth-order valence-electron chi connectivity index (χ4n) is 10.5. The van der Waals surface area contributed by atoms with Gasteiger partial charge < -0.3 is 49.9 Å². The number of aromatic nitrogens is 6. The number of Topliss-reactive ketones (excluding diaryl/α,β-unsaturated/α-hetero) is 1. The molecule has 0 aromatic carbocycles. The molecule has 5 aliphatic rings. The maximum absolute atomic E-state index is 11.9. The van der Waals surface area contributed by atoms with E-state index in [2.05, 4.69) is 72.6 Å². The molecule has 7 N–H and O–H groups in total. The summed E-state index contributed by atoms with van der Waals surface area (Å²) in [6.45, 7) is 24.7. The van der Waals surface area contributed by atoms with E-state index in [1.807, 2.05) is 41.5 Å². The molecule has 0 spiro atoms. The molecule has 512 valence electrons. The van der Waals surface area contributed by atoms with Crippen LogP contribution in [0, 0.1) is 18.3 Å². The van der Waals surface area contributed by atoms with E-state index in [0.717, 1.165) is 50.2 Å². The third kappa shape index (κ3) is 38.1. The van der Waals surface area contributed by atoms with Crippen LogP contribution in [0.3, 0.4) is 0 Å². The number of carbonyl (C=O) groups excluding carboxylic acids is 3. The van der Waals surface area contributed by atoms with Crippen LogP contribution in [0.5, 0.6) is 0 Å². The van der Waals surface area contributed by atoms with E-state index in [4.69, 9.17) is 37.1 Å². The number of aliphatic hydroxyl groups is 1. The van der Waals surface area contributed by atoms with Crippen LogP contribution < -0.4 is 33.3 Å². The number of nitrogens with zero attached hydrogens (tertiary/aromatic N) is 7. The predicted molar refractivity (Wildman–Crippen MR) is 366 cm³/mol. The van der Waals surface area contributed by atoms with Gasteiger partial charge in [-0.3, -0.25) is 4.79 Å². The van der Waals surface area contributed by atoms with Crippen LogP contribution in [0.2, 0.25) is 5.28 Å². The maximum Gasteiger partial charge on any atom is 2.00 e. The van der Waals surface area contributed by atoms with E-state index < -0.39 is 34.5 Å². The molecule has 3 heterocycles. The van der Waals surface area contributed by atoms with Crippen molar-refractivity contribution in [2.24, 2.45) is 26.9 Å². The zero-order valence-corrected chi connectivity index (χ0v) is 63.1. The van der Waals surface area contributed by atoms with Gasteiger partial charge in [0.1, 0.15) is 29.2 Å². The van der Waals surface area contributed by atoms with Gasteiger partial charge in [0, 0.05) is 66.8 Å². The minimum atomic E-state index is -1.05. The number of ketones is 1. The third-order valence-corrected chi connectivity index (χ3v) is 19.3. The Morgan fingerprint density at radius 2 is 0.922 bits per heavy atom. The summed E-state index contributed by atoms with van der Waals surface area (Å²) in [5.41, 5.74) is 9.08. The first-order valence-corrected chi connectivity index (χ1v) is 34.0. The summed E-state index contributed by atoms with van der Waals surface area (Å²) in [5.74, 6) is 4.02. The van der Waals surface area contributed by atoms with E-state index in [0.29, 0.717) is 40.7 Å². The molecule has 3 aromatic heterocycles. The van der Waals surface area contributed by atoms with Crippen molar-refractivity contribution in [2.45, 2.75) is 277 Å². The van der Waals surface area contributed by atoms with Crippen LogP contribution in [0.1, 0.15) is 286 Å². The molecule has 2 unspecified atom stereocenters. The molecule has 3 aromatic rings. The molecule has 90 heavy (non-hydrogen) atoms. The van der Waals surface area contributed by atoms with Gasteiger partial charge in [-0.2, -0.15) is 4.40 Å². The van der Waals surface area contributed by atoms with Gasteiger partial charge in [-0.1, -0.05) is 97.3 Å². The Balaban J connectivity index is -0.00000101. The second-order valence-electron chi connectivity index (χ2n) is 26.5. The van der Waals surface area contributed by atoms with Crippen LogP contribution >= 0.6 is 24.0 Å². The predicted octanol–water partition coefficient (Wildman–Crippen LogP) is 10.7. The molecule has 19 nitrogen and oxygen atoms in total. The summed E-state index contributed by atoms with van der Waals surface area (Å²) in [7, 11) is -1.97. The topological polar surface area (TPSA) is 298 Å². The van der Waals surface area contributed by atoms with Crippen LogP contribution in [-0.2, 0) is 44.3 Å². The van der Waals surface area contributed by atoms with Crippen LogP contribution in [0.25, 0.3) is 0 Å². The molecular formula is C65H113BrCl2MgN10O9S2. The van der Waals surface area contributed by atoms with Crippen molar-refractivity contribution in [3.05, 3.63) is 78.2 Å². The van der Waals surface area contributed by atoms with E-state index in [9.17, 15) is 22.8 Å². The number of nitrogens with two attached hydrogens (primary N) is 2. The third-order valence-electron chi connectivity index (χ3n) is 15.8. The van der Waals surface area contributed by atoms with Gasteiger partial charge in [0.2, 0.25) is 5.28 Å². The number of nitrogens with one attached hydrogen (secondary N) is 1. The molecule has 0 amide bonds. The number of ether oxygens (including phenoxy) is 2. The SMILES string of the molecule is CC(C)(C)S(=O)N=C1CCCCC1.CC1(Cc2ncc(C(=O)CO)cn2)CCCCC1.CC1(N)CCCCC1.CC1(NS(=O)C(C)(C)C)CCCCC1.CCOC(=O)c1cnc(CC2(C)CCCCC2)nc1.CCOC(=O)c1cnc(Cl)nc1.Cl.NO.[Br-].[CH3-].[Mg+2]. The number of esters is 2. The number of hydrogen-bond donors (Lipinski definition) is 5. The van der Waals surface area contributed by atoms with Crippen molar-refractivity contribution < 1.29 is 59.6 Å². The van der Waals surface area contributed by atoms with E-state index >= 15 is 0 Å². The molecule has 0 bridgehead atoms. The van der Waals surface area contributed by atoms with Crippen molar-refractivity contribution in [1.29, 1.82) is 0 Å². The van der Waals surface area contributed by atoms with Gasteiger partial charge in [0.15, 0.2) is 5.78 Å². The Hall–Kier alpha value is -2.55. The zero-order chi connectivity index (χ0) is 64.5. The molecule has 2 atom stereocenters. The van der Waals surface area contributed by atoms with Crippen molar-refractivity contribution in [1.82, 2.24) is 34.6 Å². The average molecular weight is 1420 g/mol. The fourth-order valence-corrected chi connectivity index (χ4v) is 12.2. The second-order valence-corrected chi connectivity index (χ2v) is 30.7. The van der Waals surface area contributed by atoms with Gasteiger partial charge in [0.25, 0.3) is 0 Å². The second kappa shape index (κ2) is 47.4. The maximum atomic E-state index is 11.9. The fraction of sp³-hybridized carbons (Fsp3) is 0.738. The van der Waals surface area contributed by atoms with Gasteiger partial charge in [-0.05, 0) is 169 Å². The Morgan fingerprint density at radius 1 is 0.589 bits per heavy atom. The minimum Gasteiger partial charge on any atom is -1.00 e. The van der Waals surface area contributed by atoms with Crippen LogP contribution in [0.15, 0.2) is 41.6 Å². The summed E-state index contributed by atoms with van der Waals surface area (Å²) < 4.78 is 40.5. The Morgan fingerprint density at radius 3 is 1.24 bits per heavy atom. The van der Waals surface area contributed by atoms with Gasteiger partial charge in [-0.25, -0.2) is 58.5 Å². The van der Waals surface area contributed by atoms with E-state index in [-0.39, 0.29) is 97.5 Å². The van der Waals surface area contributed by atoms with Gasteiger partial charge in [0.05, 0.1) is 50.4 Å². The zero-order valence-electron chi connectivity index (χ0n) is 56.9. The monoisotopic (exact) mass is 1410 g/mol. The van der Waals surface area contributed by atoms with Crippen molar-refractivity contribution in [2.75, 3.05) is 19.8 Å². The van der Waals surface area contributed by atoms with Crippen LogP contribution in [0.4, 0.5) is 0 Å². The largest absolute Gasteiger partial charge is 2.00 e. The Kier molecular flexibility index (Phi) is 48.2. The summed E-state index contributed by atoms with van der Waals surface area (Å²) in [4.78, 5) is 58.1. The molecule has 0 saturated heterocycles. The van der Waals surface area contributed by atoms with Crippen molar-refractivity contribution >= 4 is 92.5 Å². The Bertz CT molecular complexity index is 2500. The average Bonchev–Trinajstić information content (AvgIpc) is 3.31. The minimum absolute atomic E-state index is 0. The Labute approximate surface area is 584 Å². The summed E-state index contributed by atoms with van der Waals surface area (Å²) in [5, 5.41) is 15.4. The van der Waals surface area contributed by atoms with E-state index in [1.165, 1.54) is 165 Å². The molecule has 8 rings (SSSR count). The standard InChI is InChI=1S/C15H22N2O2.C14H20N2O2.C11H23NOS.C10H19NOS.C7H7ClN2O2.C7H15N.CH3.BrH.ClH.Mg.H3NO/c1-3-19-14(18)12-10-16-13(17-11-12)9-15(2)7-5-4-6-8-15;1-14(5-3-2-4-6-14)7-13-15-8-11(9-16-13)12(18)10-17;1-10(2,3)14(13)12-11(4)8-6-5-7-9-11;1-10(2,3)13(12)11-9-7-5-4-6-8-9;1-2-12-6(11)5-3-9-7(8)10-4-5;1-7(8)5-3-2-4-6-7;;;;;1-2/h10-11H,3-9H2,1-2H3;8-9,17H,2-7,10H2,1H3;12H,5-9H2,1-4H3;4-8H2,1-3H3;3-4H,2H2,1H3;2-6,8H2,1H3;1H3;2*1H;;2H,1H2/q;;;;;;-1;;;+2;/p-1. The number of aliphatic hydroxyl groups excluding tert-OH is 1. The first kappa shape index (κ1) is 91.6. The molecule has 5 aliphatic carbocycles. The molecule has 25 heteroatoms. The summed E-state index contributed by atoms with van der Waals surface area (Å²) in [6.07, 6.45) is 42.0. The molecule has 0 radical (unpaired) electrons. The van der Waals surface area contributed by atoms with Crippen molar-refractivity contribution in [3.63, 3.8) is 0 Å². The molecule has 5 saturated carbocycles. The summed E-state index contributed by atoms with van der Waals surface area (Å²) >= 11 is 5.42. The van der Waals surface area contributed by atoms with Gasteiger partial charge >= 0.3 is 35.0 Å². The first-order valence-electron chi connectivity index (χ1n) is 31.3. The number of carbonyl (C=O) groups is 3. The van der Waals surface area contributed by atoms with E-state index in [1.54, 1.807) is 26.2 Å². The quantitative estimate of drug-likeness (QED) is 0.0265. The van der Waals surface area contributed by atoms with Crippen molar-refractivity contribution in [3.8, 4) is 0 Å². The molecular weight excluding hydrogens is 1300 g/mol. The normalized spacial score (nSPS) is 18.2.